The van der Waals surface area contributed by atoms with Crippen molar-refractivity contribution in [3.8, 4) is 0 Å². The number of hydrogen-bond donors (Lipinski definition) is 3. The van der Waals surface area contributed by atoms with Gasteiger partial charge < -0.3 is 16.6 Å². The molecule has 5 N–H and O–H groups in total. The molecule has 0 aromatic heterocycles. The van der Waals surface area contributed by atoms with Crippen LogP contribution in [0.4, 0.5) is 5.69 Å². The molecule has 1 rings (SSSR count). The maximum atomic E-state index is 11.7. The predicted molar refractivity (Wildman–Crippen MR) is 68.1 cm³/mol. The third kappa shape index (κ3) is 3.18. The average Bonchev–Trinajstić information content (AvgIpc) is 2.30. The van der Waals surface area contributed by atoms with E-state index in [1.807, 2.05) is 0 Å². The normalized spacial score (nSPS) is 15.5. The van der Waals surface area contributed by atoms with Gasteiger partial charge in [-0.2, -0.15) is 0 Å². The molecule has 0 radical (unpaired) electrons. The van der Waals surface area contributed by atoms with Crippen LogP contribution < -0.4 is 11.5 Å². The minimum Gasteiger partial charge on any atom is -0.399 e. The molecule has 17 heavy (non-hydrogen) atoms. The molecular formula is C11H18N2O3S. The van der Waals surface area contributed by atoms with Crippen molar-refractivity contribution in [3.63, 3.8) is 0 Å². The molecule has 0 unspecified atom stereocenters. The van der Waals surface area contributed by atoms with Crippen LogP contribution in [0.25, 0.3) is 0 Å². The molecule has 0 fully saturated rings. The van der Waals surface area contributed by atoms with Gasteiger partial charge in [0.25, 0.3) is 0 Å². The zero-order valence-electron chi connectivity index (χ0n) is 9.70. The first-order valence-corrected chi connectivity index (χ1v) is 7.07. The topological polar surface area (TPSA) is 106 Å². The lowest BCUT2D eigenvalue weighted by Gasteiger charge is -2.21. The van der Waals surface area contributed by atoms with Gasteiger partial charge in [-0.1, -0.05) is 19.1 Å². The Morgan fingerprint density at radius 3 is 2.24 bits per heavy atom. The molecule has 1 aromatic rings. The minimum atomic E-state index is -3.37. The maximum absolute atomic E-state index is 11.7. The lowest BCUT2D eigenvalue weighted by molar-refractivity contribution is 0.277. The fourth-order valence-corrected chi connectivity index (χ4v) is 2.86. The molecular weight excluding hydrogens is 240 g/mol. The molecule has 0 spiro atoms. The zero-order chi connectivity index (χ0) is 13.1. The van der Waals surface area contributed by atoms with Crippen molar-refractivity contribution in [1.82, 2.24) is 0 Å². The molecule has 0 aliphatic heterocycles. The number of aliphatic hydroxyl groups excluding tert-OH is 1. The van der Waals surface area contributed by atoms with Crippen molar-refractivity contribution in [2.45, 2.75) is 18.2 Å². The Bertz CT molecular complexity index is 456. The van der Waals surface area contributed by atoms with Crippen LogP contribution in [0, 0.1) is 0 Å². The van der Waals surface area contributed by atoms with Crippen LogP contribution in [0.2, 0.25) is 0 Å². The number of anilines is 1. The molecule has 2 atom stereocenters. The van der Waals surface area contributed by atoms with E-state index >= 15 is 0 Å². The smallest absolute Gasteiger partial charge is 0.157 e. The van der Waals surface area contributed by atoms with Gasteiger partial charge in [-0.25, -0.2) is 8.42 Å². The van der Waals surface area contributed by atoms with Gasteiger partial charge in [0.2, 0.25) is 0 Å². The van der Waals surface area contributed by atoms with E-state index in [4.69, 9.17) is 11.5 Å². The fourth-order valence-electron chi connectivity index (χ4n) is 1.60. The van der Waals surface area contributed by atoms with E-state index in [0.29, 0.717) is 11.3 Å². The third-order valence-electron chi connectivity index (χ3n) is 2.77. The van der Waals surface area contributed by atoms with Gasteiger partial charge in [-0.05, 0) is 17.7 Å². The number of nitrogens with two attached hydrogens (primary N) is 2. The second kappa shape index (κ2) is 5.48. The first-order valence-electron chi connectivity index (χ1n) is 5.35. The summed E-state index contributed by atoms with van der Waals surface area (Å²) in [6.07, 6.45) is 0. The van der Waals surface area contributed by atoms with Gasteiger partial charge >= 0.3 is 0 Å². The lowest BCUT2D eigenvalue weighted by Crippen LogP contribution is -2.37. The summed E-state index contributed by atoms with van der Waals surface area (Å²) in [5.74, 6) is -0.0408. The summed E-state index contributed by atoms with van der Waals surface area (Å²) in [5, 5.41) is 8.22. The van der Waals surface area contributed by atoms with Crippen molar-refractivity contribution < 1.29 is 13.5 Å². The van der Waals surface area contributed by atoms with Gasteiger partial charge in [0.15, 0.2) is 9.84 Å². The van der Waals surface area contributed by atoms with E-state index in [2.05, 4.69) is 0 Å². The molecule has 0 saturated heterocycles. The van der Waals surface area contributed by atoms with Crippen molar-refractivity contribution in [3.05, 3.63) is 29.8 Å². The van der Waals surface area contributed by atoms with E-state index in [1.54, 1.807) is 24.3 Å². The molecule has 0 bridgehead atoms. The first kappa shape index (κ1) is 14.0. The summed E-state index contributed by atoms with van der Waals surface area (Å²) >= 11 is 0. The van der Waals surface area contributed by atoms with Crippen molar-refractivity contribution in [1.29, 1.82) is 0 Å². The second-order valence-electron chi connectivity index (χ2n) is 3.87. The molecule has 0 aliphatic carbocycles. The van der Waals surface area contributed by atoms with Gasteiger partial charge in [-0.15, -0.1) is 0 Å². The molecule has 96 valence electrons. The number of benzene rings is 1. The van der Waals surface area contributed by atoms with Crippen molar-refractivity contribution in [2.75, 3.05) is 18.1 Å². The van der Waals surface area contributed by atoms with Gasteiger partial charge in [0, 0.05) is 17.5 Å². The van der Waals surface area contributed by atoms with Gasteiger partial charge in [0.1, 0.15) is 5.25 Å². The number of hydrogen-bond acceptors (Lipinski definition) is 5. The van der Waals surface area contributed by atoms with Crippen LogP contribution >= 0.6 is 0 Å². The van der Waals surface area contributed by atoms with Crippen LogP contribution in [-0.4, -0.2) is 31.1 Å². The molecule has 0 saturated carbocycles. The summed E-state index contributed by atoms with van der Waals surface area (Å²) in [7, 11) is -3.37. The molecule has 0 aliphatic rings. The summed E-state index contributed by atoms with van der Waals surface area (Å²) in [6, 6.07) is 5.91. The van der Waals surface area contributed by atoms with E-state index in [1.165, 1.54) is 6.92 Å². The molecule has 0 heterocycles. The summed E-state index contributed by atoms with van der Waals surface area (Å²) in [6.45, 7) is 1.05. The maximum Gasteiger partial charge on any atom is 0.157 e. The van der Waals surface area contributed by atoms with Crippen LogP contribution in [-0.2, 0) is 9.84 Å². The number of rotatable bonds is 5. The molecule has 0 amide bonds. The van der Waals surface area contributed by atoms with E-state index in [0.717, 1.165) is 0 Å². The predicted octanol–water partition coefficient (Wildman–Crippen LogP) is 0.0642. The summed E-state index contributed by atoms with van der Waals surface area (Å²) in [4.78, 5) is 0. The van der Waals surface area contributed by atoms with Crippen LogP contribution in [0.1, 0.15) is 18.5 Å². The van der Waals surface area contributed by atoms with E-state index in [9.17, 15) is 13.5 Å². The lowest BCUT2D eigenvalue weighted by atomic mass is 10.0. The van der Waals surface area contributed by atoms with E-state index < -0.39 is 27.7 Å². The quantitative estimate of drug-likeness (QED) is 0.648. The highest BCUT2D eigenvalue weighted by Gasteiger charge is 2.30. The summed E-state index contributed by atoms with van der Waals surface area (Å²) < 4.78 is 23.5. The Labute approximate surface area is 101 Å². The first-order chi connectivity index (χ1) is 7.92. The number of nitrogen functional groups attached to an aromatic ring is 1. The molecule has 1 aromatic carbocycles. The summed E-state index contributed by atoms with van der Waals surface area (Å²) in [5.41, 5.74) is 12.7. The number of aliphatic hydroxyl groups is 1. The van der Waals surface area contributed by atoms with Gasteiger partial charge in [0.05, 0.1) is 6.61 Å². The second-order valence-corrected chi connectivity index (χ2v) is 6.37. The highest BCUT2D eigenvalue weighted by atomic mass is 32.2. The largest absolute Gasteiger partial charge is 0.399 e. The third-order valence-corrected chi connectivity index (χ3v) is 4.94. The molecule has 5 nitrogen and oxygen atoms in total. The Balaban J connectivity index is 3.02. The van der Waals surface area contributed by atoms with Crippen LogP contribution in [0.15, 0.2) is 24.3 Å². The highest BCUT2D eigenvalue weighted by Crippen LogP contribution is 2.21. The zero-order valence-corrected chi connectivity index (χ0v) is 10.5. The Hall–Kier alpha value is -1.11. The Kier molecular flexibility index (Phi) is 4.50. The van der Waals surface area contributed by atoms with E-state index in [-0.39, 0.29) is 5.75 Å². The standard InChI is InChI=1S/C11H18N2O3S/c1-2-17(15,16)10(7-14)11(13)8-3-5-9(12)6-4-8/h3-6,10-11,14H,2,7,12-13H2,1H3/t10-,11-/m1/s1. The number of sulfone groups is 1. The monoisotopic (exact) mass is 258 g/mol. The highest BCUT2D eigenvalue weighted by molar-refractivity contribution is 7.92. The fraction of sp³-hybridized carbons (Fsp3) is 0.455. The van der Waals surface area contributed by atoms with Crippen LogP contribution in [0.5, 0.6) is 0 Å². The SMILES string of the molecule is CCS(=O)(=O)[C@H](CO)[C@H](N)c1ccc(N)cc1. The Morgan fingerprint density at radius 2 is 1.82 bits per heavy atom. The van der Waals surface area contributed by atoms with Crippen molar-refractivity contribution in [2.24, 2.45) is 5.73 Å². The average molecular weight is 258 g/mol. The Morgan fingerprint density at radius 1 is 1.29 bits per heavy atom. The minimum absolute atomic E-state index is 0.0408. The van der Waals surface area contributed by atoms with Gasteiger partial charge in [-0.3, -0.25) is 0 Å². The van der Waals surface area contributed by atoms with Crippen LogP contribution in [0.3, 0.4) is 0 Å². The molecule has 6 heteroatoms. The van der Waals surface area contributed by atoms with Crippen molar-refractivity contribution >= 4 is 15.5 Å².